The third-order valence-corrected chi connectivity index (χ3v) is 5.67. The zero-order valence-electron chi connectivity index (χ0n) is 13.6. The molecule has 25 heavy (non-hydrogen) atoms. The summed E-state index contributed by atoms with van der Waals surface area (Å²) in [7, 11) is 0. The number of benzene rings is 2. The Morgan fingerprint density at radius 1 is 1.08 bits per heavy atom. The maximum absolute atomic E-state index is 6.12. The number of thioether (sulfide) groups is 1. The fourth-order valence-corrected chi connectivity index (χ4v) is 3.76. The molecule has 2 nitrogen and oxygen atoms in total. The summed E-state index contributed by atoms with van der Waals surface area (Å²) in [5.41, 5.74) is 2.37. The van der Waals surface area contributed by atoms with Crippen LogP contribution in [-0.4, -0.2) is 14.8 Å². The van der Waals surface area contributed by atoms with E-state index in [1.807, 2.05) is 66.9 Å². The van der Waals surface area contributed by atoms with Crippen LogP contribution in [0.5, 0.6) is 0 Å². The molecular formula is C20H18Cl2N2S. The molecule has 1 atom stereocenters. The largest absolute Gasteiger partial charge is 0.336 e. The molecule has 0 aliphatic carbocycles. The maximum Gasteiger partial charge on any atom is 0.0946 e. The molecule has 3 aromatic rings. The van der Waals surface area contributed by atoms with Crippen LogP contribution in [0, 0.1) is 0 Å². The van der Waals surface area contributed by atoms with Crippen LogP contribution < -0.4 is 0 Å². The molecule has 1 heterocycles. The van der Waals surface area contributed by atoms with Gasteiger partial charge in [-0.15, -0.1) is 11.8 Å². The van der Waals surface area contributed by atoms with Gasteiger partial charge in [-0.3, -0.25) is 0 Å². The first-order chi connectivity index (χ1) is 12.2. The molecule has 0 amide bonds. The molecule has 0 saturated carbocycles. The lowest BCUT2D eigenvalue weighted by Crippen LogP contribution is -2.09. The SMILES string of the molecule is Clc1ccc(CSC(/C=C/c2ccccc2)Cn2ccnc2)cc1Cl. The first-order valence-corrected chi connectivity index (χ1v) is 9.76. The van der Waals surface area contributed by atoms with Crippen molar-refractivity contribution in [2.45, 2.75) is 17.5 Å². The number of hydrogen-bond donors (Lipinski definition) is 0. The van der Waals surface area contributed by atoms with Crippen LogP contribution in [0.3, 0.4) is 0 Å². The van der Waals surface area contributed by atoms with Gasteiger partial charge in [-0.1, -0.05) is 71.8 Å². The molecule has 0 fully saturated rings. The molecule has 0 spiro atoms. The van der Waals surface area contributed by atoms with Crippen LogP contribution in [0.1, 0.15) is 11.1 Å². The van der Waals surface area contributed by atoms with Gasteiger partial charge in [0.2, 0.25) is 0 Å². The third kappa shape index (κ3) is 5.67. The fraction of sp³-hybridized carbons (Fsp3) is 0.150. The molecule has 0 radical (unpaired) electrons. The monoisotopic (exact) mass is 388 g/mol. The Hall–Kier alpha value is -1.68. The Morgan fingerprint density at radius 3 is 2.64 bits per heavy atom. The summed E-state index contributed by atoms with van der Waals surface area (Å²) in [6.45, 7) is 0.870. The van der Waals surface area contributed by atoms with Crippen molar-refractivity contribution in [2.24, 2.45) is 0 Å². The number of nitrogens with zero attached hydrogens (tertiary/aromatic N) is 2. The summed E-state index contributed by atoms with van der Waals surface area (Å²) in [6, 6.07) is 16.1. The molecular weight excluding hydrogens is 371 g/mol. The minimum absolute atomic E-state index is 0.323. The van der Waals surface area contributed by atoms with E-state index in [2.05, 4.69) is 33.8 Å². The van der Waals surface area contributed by atoms with E-state index >= 15 is 0 Å². The van der Waals surface area contributed by atoms with Crippen LogP contribution >= 0.6 is 35.0 Å². The number of halogens is 2. The van der Waals surface area contributed by atoms with Crippen molar-refractivity contribution >= 4 is 41.0 Å². The van der Waals surface area contributed by atoms with E-state index in [1.54, 1.807) is 0 Å². The Morgan fingerprint density at radius 2 is 1.92 bits per heavy atom. The van der Waals surface area contributed by atoms with E-state index in [-0.39, 0.29) is 0 Å². The lowest BCUT2D eigenvalue weighted by atomic mass is 10.2. The molecule has 3 rings (SSSR count). The summed E-state index contributed by atoms with van der Waals surface area (Å²) >= 11 is 14.0. The number of rotatable bonds is 7. The Bertz CT molecular complexity index is 817. The van der Waals surface area contributed by atoms with E-state index in [0.717, 1.165) is 12.3 Å². The van der Waals surface area contributed by atoms with E-state index < -0.39 is 0 Å². The molecule has 128 valence electrons. The average Bonchev–Trinajstić information content (AvgIpc) is 3.14. The lowest BCUT2D eigenvalue weighted by Gasteiger charge is -2.14. The smallest absolute Gasteiger partial charge is 0.0946 e. The van der Waals surface area contributed by atoms with Crippen LogP contribution in [0.2, 0.25) is 10.0 Å². The van der Waals surface area contributed by atoms with Gasteiger partial charge in [-0.2, -0.15) is 0 Å². The van der Waals surface area contributed by atoms with Crippen molar-refractivity contribution in [3.63, 3.8) is 0 Å². The third-order valence-electron chi connectivity index (χ3n) is 3.70. The van der Waals surface area contributed by atoms with E-state index in [4.69, 9.17) is 23.2 Å². The van der Waals surface area contributed by atoms with Crippen molar-refractivity contribution in [1.82, 2.24) is 9.55 Å². The van der Waals surface area contributed by atoms with Gasteiger partial charge in [0.1, 0.15) is 0 Å². The van der Waals surface area contributed by atoms with Crippen LogP contribution in [0.15, 0.2) is 73.3 Å². The highest BCUT2D eigenvalue weighted by Gasteiger charge is 2.08. The second kappa shape index (κ2) is 9.14. The van der Waals surface area contributed by atoms with Gasteiger partial charge in [-0.25, -0.2) is 4.98 Å². The van der Waals surface area contributed by atoms with E-state index in [1.165, 1.54) is 11.1 Å². The predicted octanol–water partition coefficient (Wildman–Crippen LogP) is 6.21. The second-order valence-corrected chi connectivity index (χ2v) is 7.67. The molecule has 0 bridgehead atoms. The van der Waals surface area contributed by atoms with Gasteiger partial charge in [0, 0.05) is 29.9 Å². The molecule has 0 aliphatic heterocycles. The molecule has 1 aromatic heterocycles. The number of aromatic nitrogens is 2. The zero-order chi connectivity index (χ0) is 17.5. The summed E-state index contributed by atoms with van der Waals surface area (Å²) in [5, 5.41) is 1.52. The normalized spacial score (nSPS) is 12.6. The number of imidazole rings is 1. The first kappa shape index (κ1) is 18.1. The Labute approximate surface area is 162 Å². The number of hydrogen-bond acceptors (Lipinski definition) is 2. The fourth-order valence-electron chi connectivity index (χ4n) is 2.39. The van der Waals surface area contributed by atoms with Gasteiger partial charge in [0.25, 0.3) is 0 Å². The standard InChI is InChI=1S/C20H18Cl2N2S/c21-19-9-7-17(12-20(19)22)14-25-18(13-24-11-10-23-15-24)8-6-16-4-2-1-3-5-16/h1-12,15,18H,13-14H2/b8-6+. The molecule has 1 unspecified atom stereocenters. The lowest BCUT2D eigenvalue weighted by molar-refractivity contribution is 0.720. The Kier molecular flexibility index (Phi) is 6.62. The summed E-state index contributed by atoms with van der Waals surface area (Å²) in [5.74, 6) is 0.870. The minimum atomic E-state index is 0.323. The maximum atomic E-state index is 6.12. The topological polar surface area (TPSA) is 17.8 Å². The van der Waals surface area contributed by atoms with Gasteiger partial charge in [0.05, 0.1) is 16.4 Å². The average molecular weight is 389 g/mol. The second-order valence-electron chi connectivity index (χ2n) is 5.63. The van der Waals surface area contributed by atoms with Crippen molar-refractivity contribution in [1.29, 1.82) is 0 Å². The van der Waals surface area contributed by atoms with Crippen molar-refractivity contribution < 1.29 is 0 Å². The summed E-state index contributed by atoms with van der Waals surface area (Å²) < 4.78 is 2.10. The summed E-state index contributed by atoms with van der Waals surface area (Å²) in [4.78, 5) is 4.13. The predicted molar refractivity (Wildman–Crippen MR) is 109 cm³/mol. The minimum Gasteiger partial charge on any atom is -0.336 e. The van der Waals surface area contributed by atoms with Crippen molar-refractivity contribution in [3.8, 4) is 0 Å². The molecule has 0 saturated heterocycles. The van der Waals surface area contributed by atoms with Gasteiger partial charge < -0.3 is 4.57 Å². The molecule has 5 heteroatoms. The highest BCUT2D eigenvalue weighted by molar-refractivity contribution is 7.99. The van der Waals surface area contributed by atoms with E-state index in [0.29, 0.717) is 15.3 Å². The van der Waals surface area contributed by atoms with E-state index in [9.17, 15) is 0 Å². The molecule has 0 N–H and O–H groups in total. The van der Waals surface area contributed by atoms with Crippen molar-refractivity contribution in [2.75, 3.05) is 0 Å². The van der Waals surface area contributed by atoms with Crippen LogP contribution in [-0.2, 0) is 12.3 Å². The zero-order valence-corrected chi connectivity index (χ0v) is 15.9. The van der Waals surface area contributed by atoms with Gasteiger partial charge in [0.15, 0.2) is 0 Å². The quantitative estimate of drug-likeness (QED) is 0.478. The van der Waals surface area contributed by atoms with Crippen molar-refractivity contribution in [3.05, 3.63) is 94.5 Å². The highest BCUT2D eigenvalue weighted by Crippen LogP contribution is 2.27. The van der Waals surface area contributed by atoms with Gasteiger partial charge >= 0.3 is 0 Å². The highest BCUT2D eigenvalue weighted by atomic mass is 35.5. The summed E-state index contributed by atoms with van der Waals surface area (Å²) in [6.07, 6.45) is 10.1. The van der Waals surface area contributed by atoms with Crippen LogP contribution in [0.25, 0.3) is 6.08 Å². The molecule has 2 aromatic carbocycles. The van der Waals surface area contributed by atoms with Crippen LogP contribution in [0.4, 0.5) is 0 Å². The Balaban J connectivity index is 1.69. The molecule has 0 aliphatic rings. The first-order valence-electron chi connectivity index (χ1n) is 7.95. The van der Waals surface area contributed by atoms with Gasteiger partial charge in [-0.05, 0) is 23.3 Å².